The van der Waals surface area contributed by atoms with E-state index in [0.717, 1.165) is 24.3 Å². The normalized spacial score (nSPS) is 10.9. The molecule has 0 N–H and O–H groups in total. The molecule has 0 saturated heterocycles. The third kappa shape index (κ3) is 5.43. The summed E-state index contributed by atoms with van der Waals surface area (Å²) in [6.45, 7) is 1.70. The molecule has 142 valence electrons. The fourth-order valence-corrected chi connectivity index (χ4v) is 3.30. The van der Waals surface area contributed by atoms with Gasteiger partial charge in [0.25, 0.3) is 0 Å². The van der Waals surface area contributed by atoms with Crippen LogP contribution in [0.2, 0.25) is 0 Å². The lowest BCUT2D eigenvalue weighted by molar-refractivity contribution is 0.800. The Morgan fingerprint density at radius 2 is 1.14 bits per heavy atom. The molecule has 0 heterocycles. The van der Waals surface area contributed by atoms with Crippen LogP contribution in [0.4, 0.5) is 11.4 Å². The van der Waals surface area contributed by atoms with E-state index >= 15 is 0 Å². The van der Waals surface area contributed by atoms with E-state index in [9.17, 15) is 0 Å². The van der Waals surface area contributed by atoms with Crippen LogP contribution in [-0.4, -0.2) is 6.21 Å². The fraction of sp³-hybridized carbons (Fsp3) is 0.0741. The largest absolute Gasteiger partial charge is 0.363 e. The van der Waals surface area contributed by atoms with Gasteiger partial charge in [0, 0.05) is 25.0 Å². The third-order valence-corrected chi connectivity index (χ3v) is 4.79. The van der Waals surface area contributed by atoms with Crippen LogP contribution >= 0.6 is 0 Å². The quantitative estimate of drug-likeness (QED) is 0.330. The monoisotopic (exact) mass is 376 g/mol. The lowest BCUT2D eigenvalue weighted by Gasteiger charge is -2.25. The second-order valence-corrected chi connectivity index (χ2v) is 7.02. The van der Waals surface area contributed by atoms with Crippen molar-refractivity contribution >= 4 is 17.6 Å². The summed E-state index contributed by atoms with van der Waals surface area (Å²) in [7, 11) is 0. The summed E-state index contributed by atoms with van der Waals surface area (Å²) in [5, 5.41) is 0. The van der Waals surface area contributed by atoms with Gasteiger partial charge in [0.15, 0.2) is 0 Å². The molecule has 2 nitrogen and oxygen atoms in total. The van der Waals surface area contributed by atoms with Gasteiger partial charge in [-0.1, -0.05) is 97.1 Å². The third-order valence-electron chi connectivity index (χ3n) is 4.79. The fourth-order valence-electron chi connectivity index (χ4n) is 3.30. The summed E-state index contributed by atoms with van der Waals surface area (Å²) < 4.78 is 0. The van der Waals surface area contributed by atoms with Crippen molar-refractivity contribution in [3.05, 3.63) is 132 Å². The number of anilines is 1. The highest BCUT2D eigenvalue weighted by molar-refractivity contribution is 5.82. The summed E-state index contributed by atoms with van der Waals surface area (Å²) in [6.07, 6.45) is 1.91. The molecule has 2 heteroatoms. The van der Waals surface area contributed by atoms with E-state index in [-0.39, 0.29) is 0 Å². The molecule has 0 spiro atoms. The van der Waals surface area contributed by atoms with Crippen LogP contribution in [0.3, 0.4) is 0 Å². The average molecular weight is 377 g/mol. The van der Waals surface area contributed by atoms with Gasteiger partial charge in [-0.15, -0.1) is 0 Å². The molecule has 0 aliphatic carbocycles. The number of nitrogens with zero attached hydrogens (tertiary/aromatic N) is 2. The van der Waals surface area contributed by atoms with E-state index in [1.807, 2.05) is 30.5 Å². The van der Waals surface area contributed by atoms with Crippen molar-refractivity contribution in [1.29, 1.82) is 0 Å². The number of rotatable bonds is 7. The highest BCUT2D eigenvalue weighted by Crippen LogP contribution is 2.25. The van der Waals surface area contributed by atoms with E-state index in [1.54, 1.807) is 0 Å². The number of aliphatic imine (C=N–C) groups is 1. The number of hydrogen-bond donors (Lipinski definition) is 0. The lowest BCUT2D eigenvalue weighted by Crippen LogP contribution is -2.22. The zero-order valence-electron chi connectivity index (χ0n) is 16.4. The van der Waals surface area contributed by atoms with Gasteiger partial charge < -0.3 is 4.90 Å². The molecule has 0 aromatic heterocycles. The van der Waals surface area contributed by atoms with Gasteiger partial charge in [-0.25, -0.2) is 0 Å². The Labute approximate surface area is 172 Å². The molecule has 29 heavy (non-hydrogen) atoms. The van der Waals surface area contributed by atoms with E-state index in [2.05, 4.69) is 101 Å². The van der Waals surface area contributed by atoms with Crippen LogP contribution in [0.5, 0.6) is 0 Å². The maximum absolute atomic E-state index is 4.68. The smallest absolute Gasteiger partial charge is 0.0650 e. The van der Waals surface area contributed by atoms with Crippen LogP contribution in [0.1, 0.15) is 16.7 Å². The van der Waals surface area contributed by atoms with Gasteiger partial charge in [-0.3, -0.25) is 4.99 Å². The van der Waals surface area contributed by atoms with Gasteiger partial charge in [0.05, 0.1) is 5.69 Å². The molecule has 0 aliphatic rings. The standard InChI is InChI=1S/C27H24N2/c1-4-11-23(12-5-1)20-28-26-17-10-18-27(19-26)29(21-24-13-6-2-7-14-24)22-25-15-8-3-9-16-25/h1-20H,21-22H2. The van der Waals surface area contributed by atoms with Crippen LogP contribution in [0.15, 0.2) is 120 Å². The maximum Gasteiger partial charge on any atom is 0.0650 e. The predicted octanol–water partition coefficient (Wildman–Crippen LogP) is 6.64. The second-order valence-electron chi connectivity index (χ2n) is 7.02. The first kappa shape index (κ1) is 18.7. The van der Waals surface area contributed by atoms with Crippen LogP contribution in [0, 0.1) is 0 Å². The van der Waals surface area contributed by atoms with E-state index in [1.165, 1.54) is 16.8 Å². The minimum absolute atomic E-state index is 0.849. The molecule has 0 bridgehead atoms. The summed E-state index contributed by atoms with van der Waals surface area (Å²) in [5.74, 6) is 0. The average Bonchev–Trinajstić information content (AvgIpc) is 2.80. The van der Waals surface area contributed by atoms with Crippen molar-refractivity contribution in [2.45, 2.75) is 13.1 Å². The van der Waals surface area contributed by atoms with Crippen molar-refractivity contribution in [2.75, 3.05) is 4.90 Å². The van der Waals surface area contributed by atoms with Crippen molar-refractivity contribution in [1.82, 2.24) is 0 Å². The van der Waals surface area contributed by atoms with E-state index < -0.39 is 0 Å². The second kappa shape index (κ2) is 9.52. The Morgan fingerprint density at radius 1 is 0.586 bits per heavy atom. The molecule has 0 aliphatic heterocycles. The summed E-state index contributed by atoms with van der Waals surface area (Å²) in [4.78, 5) is 7.08. The first-order chi connectivity index (χ1) is 14.4. The van der Waals surface area contributed by atoms with E-state index in [4.69, 9.17) is 0 Å². The molecule has 0 unspecified atom stereocenters. The van der Waals surface area contributed by atoms with Crippen molar-refractivity contribution < 1.29 is 0 Å². The lowest BCUT2D eigenvalue weighted by atomic mass is 10.1. The predicted molar refractivity (Wildman–Crippen MR) is 123 cm³/mol. The highest BCUT2D eigenvalue weighted by Gasteiger charge is 2.09. The minimum atomic E-state index is 0.849. The zero-order chi connectivity index (χ0) is 19.7. The summed E-state index contributed by atoms with van der Waals surface area (Å²) >= 11 is 0. The molecular weight excluding hydrogens is 352 g/mol. The molecule has 0 radical (unpaired) electrons. The molecule has 4 aromatic rings. The highest BCUT2D eigenvalue weighted by atomic mass is 15.1. The molecule has 0 fully saturated rings. The maximum atomic E-state index is 4.68. The van der Waals surface area contributed by atoms with Crippen molar-refractivity contribution in [3.8, 4) is 0 Å². The van der Waals surface area contributed by atoms with E-state index in [0.29, 0.717) is 0 Å². The Balaban J connectivity index is 1.60. The SMILES string of the molecule is C(=Nc1cccc(N(Cc2ccccc2)Cc2ccccc2)c1)c1ccccc1. The van der Waals surface area contributed by atoms with Crippen LogP contribution in [0.25, 0.3) is 0 Å². The summed E-state index contributed by atoms with van der Waals surface area (Å²) in [6, 6.07) is 39.8. The first-order valence-corrected chi connectivity index (χ1v) is 9.89. The van der Waals surface area contributed by atoms with Crippen molar-refractivity contribution in [2.24, 2.45) is 4.99 Å². The Kier molecular flexibility index (Phi) is 6.14. The topological polar surface area (TPSA) is 15.6 Å². The van der Waals surface area contributed by atoms with Crippen LogP contribution < -0.4 is 4.90 Å². The Hall–Kier alpha value is -3.65. The van der Waals surface area contributed by atoms with Gasteiger partial charge in [0.2, 0.25) is 0 Å². The van der Waals surface area contributed by atoms with Crippen LogP contribution in [-0.2, 0) is 13.1 Å². The van der Waals surface area contributed by atoms with Gasteiger partial charge in [-0.05, 0) is 34.9 Å². The molecule has 4 aromatic carbocycles. The van der Waals surface area contributed by atoms with Gasteiger partial charge in [-0.2, -0.15) is 0 Å². The Morgan fingerprint density at radius 3 is 1.72 bits per heavy atom. The van der Waals surface area contributed by atoms with Crippen molar-refractivity contribution in [3.63, 3.8) is 0 Å². The number of hydrogen-bond acceptors (Lipinski definition) is 2. The molecule has 0 atom stereocenters. The van der Waals surface area contributed by atoms with Gasteiger partial charge in [0.1, 0.15) is 0 Å². The van der Waals surface area contributed by atoms with Gasteiger partial charge >= 0.3 is 0 Å². The molecule has 0 saturated carbocycles. The molecule has 4 rings (SSSR count). The Bertz CT molecular complexity index is 1000. The zero-order valence-corrected chi connectivity index (χ0v) is 16.4. The molecule has 0 amide bonds. The number of benzene rings is 4. The minimum Gasteiger partial charge on any atom is -0.363 e. The summed E-state index contributed by atoms with van der Waals surface area (Å²) in [5.41, 5.74) is 5.81. The molecular formula is C27H24N2. The first-order valence-electron chi connectivity index (χ1n) is 9.89.